The van der Waals surface area contributed by atoms with Crippen LogP contribution in [0, 0.1) is 0 Å². The van der Waals surface area contributed by atoms with Crippen LogP contribution < -0.4 is 14.8 Å². The summed E-state index contributed by atoms with van der Waals surface area (Å²) in [5, 5.41) is 2.52. The van der Waals surface area contributed by atoms with Gasteiger partial charge in [0.2, 0.25) is 0 Å². The Hall–Kier alpha value is -2.54. The standard InChI is InChI=1S/C18H18BrNO5/c1-23-15-8-5-13(9-16(15)24-2)18(22)20-10-17(21)25-11-12-3-6-14(19)7-4-12/h3-9H,10-11H2,1-2H3,(H,20,22). The maximum Gasteiger partial charge on any atom is 0.325 e. The Morgan fingerprint density at radius 1 is 1.00 bits per heavy atom. The number of benzene rings is 2. The van der Waals surface area contributed by atoms with Gasteiger partial charge in [0, 0.05) is 10.0 Å². The molecule has 0 radical (unpaired) electrons. The molecule has 0 unspecified atom stereocenters. The maximum atomic E-state index is 12.1. The minimum absolute atomic E-state index is 0.151. The number of carbonyl (C=O) groups is 2. The van der Waals surface area contributed by atoms with Crippen LogP contribution in [0.3, 0.4) is 0 Å². The molecule has 0 aliphatic rings. The van der Waals surface area contributed by atoms with E-state index in [1.54, 1.807) is 18.2 Å². The van der Waals surface area contributed by atoms with E-state index in [1.165, 1.54) is 14.2 Å². The van der Waals surface area contributed by atoms with Crippen molar-refractivity contribution < 1.29 is 23.8 Å². The number of amides is 1. The highest BCUT2D eigenvalue weighted by molar-refractivity contribution is 9.10. The van der Waals surface area contributed by atoms with Crippen LogP contribution in [0.15, 0.2) is 46.9 Å². The minimum Gasteiger partial charge on any atom is -0.493 e. The number of esters is 1. The first-order valence-electron chi connectivity index (χ1n) is 7.43. The lowest BCUT2D eigenvalue weighted by Crippen LogP contribution is -2.30. The zero-order valence-corrected chi connectivity index (χ0v) is 15.5. The largest absolute Gasteiger partial charge is 0.493 e. The highest BCUT2D eigenvalue weighted by Crippen LogP contribution is 2.27. The second-order valence-corrected chi connectivity index (χ2v) is 5.96. The third kappa shape index (κ3) is 5.49. The molecule has 0 saturated carbocycles. The Kier molecular flexibility index (Phi) is 6.82. The van der Waals surface area contributed by atoms with E-state index in [4.69, 9.17) is 14.2 Å². The van der Waals surface area contributed by atoms with Crippen LogP contribution in [-0.4, -0.2) is 32.6 Å². The van der Waals surface area contributed by atoms with Gasteiger partial charge in [-0.15, -0.1) is 0 Å². The zero-order chi connectivity index (χ0) is 18.2. The first-order chi connectivity index (χ1) is 12.0. The molecule has 0 aliphatic heterocycles. The number of halogens is 1. The lowest BCUT2D eigenvalue weighted by Gasteiger charge is -2.10. The van der Waals surface area contributed by atoms with Crippen LogP contribution in [-0.2, 0) is 16.1 Å². The molecule has 0 heterocycles. The maximum absolute atomic E-state index is 12.1. The third-order valence-electron chi connectivity index (χ3n) is 3.35. The Morgan fingerprint density at radius 3 is 2.32 bits per heavy atom. The SMILES string of the molecule is COc1ccc(C(=O)NCC(=O)OCc2ccc(Br)cc2)cc1OC. The number of methoxy groups -OCH3 is 2. The molecule has 7 heteroatoms. The molecule has 0 spiro atoms. The van der Waals surface area contributed by atoms with E-state index in [0.717, 1.165) is 10.0 Å². The molecule has 2 aromatic rings. The van der Waals surface area contributed by atoms with Crippen LogP contribution in [0.5, 0.6) is 11.5 Å². The Morgan fingerprint density at radius 2 is 1.68 bits per heavy atom. The van der Waals surface area contributed by atoms with Crippen LogP contribution in [0.2, 0.25) is 0 Å². The molecule has 0 aliphatic carbocycles. The highest BCUT2D eigenvalue weighted by Gasteiger charge is 2.12. The Bertz CT molecular complexity index is 746. The number of ether oxygens (including phenoxy) is 3. The van der Waals surface area contributed by atoms with Crippen molar-refractivity contribution in [2.45, 2.75) is 6.61 Å². The van der Waals surface area contributed by atoms with Crippen molar-refractivity contribution in [1.82, 2.24) is 5.32 Å². The number of rotatable bonds is 7. The summed E-state index contributed by atoms with van der Waals surface area (Å²) in [6, 6.07) is 12.2. The van der Waals surface area contributed by atoms with Gasteiger partial charge in [-0.2, -0.15) is 0 Å². The number of hydrogen-bond donors (Lipinski definition) is 1. The fourth-order valence-electron chi connectivity index (χ4n) is 2.03. The Labute approximate surface area is 154 Å². The van der Waals surface area contributed by atoms with Crippen LogP contribution in [0.25, 0.3) is 0 Å². The van der Waals surface area contributed by atoms with Gasteiger partial charge in [-0.25, -0.2) is 0 Å². The quantitative estimate of drug-likeness (QED) is 0.714. The topological polar surface area (TPSA) is 73.9 Å². The summed E-state index contributed by atoms with van der Waals surface area (Å²) in [6.45, 7) is -0.0674. The average molecular weight is 408 g/mol. The molecule has 132 valence electrons. The van der Waals surface area contributed by atoms with Crippen LogP contribution >= 0.6 is 15.9 Å². The van der Waals surface area contributed by atoms with Gasteiger partial charge in [-0.1, -0.05) is 28.1 Å². The fraction of sp³-hybridized carbons (Fsp3) is 0.222. The molecule has 0 aromatic heterocycles. The first-order valence-corrected chi connectivity index (χ1v) is 8.23. The molecule has 25 heavy (non-hydrogen) atoms. The summed E-state index contributed by atoms with van der Waals surface area (Å²) in [7, 11) is 3.00. The van der Waals surface area contributed by atoms with Gasteiger partial charge in [-0.3, -0.25) is 9.59 Å². The summed E-state index contributed by atoms with van der Waals surface area (Å²) < 4.78 is 16.3. The van der Waals surface area contributed by atoms with Gasteiger partial charge in [0.05, 0.1) is 14.2 Å². The summed E-state index contributed by atoms with van der Waals surface area (Å²) >= 11 is 3.34. The fourth-order valence-corrected chi connectivity index (χ4v) is 2.29. The van der Waals surface area contributed by atoms with E-state index in [9.17, 15) is 9.59 Å². The summed E-state index contributed by atoms with van der Waals surface area (Å²) in [4.78, 5) is 23.9. The molecule has 1 amide bonds. The van der Waals surface area contributed by atoms with Crippen LogP contribution in [0.4, 0.5) is 0 Å². The molecular weight excluding hydrogens is 390 g/mol. The van der Waals surface area contributed by atoms with Crippen molar-refractivity contribution in [3.8, 4) is 11.5 Å². The van der Waals surface area contributed by atoms with Crippen molar-refractivity contribution in [3.63, 3.8) is 0 Å². The normalized spacial score (nSPS) is 10.0. The second-order valence-electron chi connectivity index (χ2n) is 5.04. The monoisotopic (exact) mass is 407 g/mol. The van der Waals surface area contributed by atoms with Gasteiger partial charge < -0.3 is 19.5 Å². The average Bonchev–Trinajstić information content (AvgIpc) is 2.64. The van der Waals surface area contributed by atoms with E-state index in [0.29, 0.717) is 17.1 Å². The van der Waals surface area contributed by atoms with Crippen LogP contribution in [0.1, 0.15) is 15.9 Å². The van der Waals surface area contributed by atoms with Crippen molar-refractivity contribution in [2.75, 3.05) is 20.8 Å². The minimum atomic E-state index is -0.517. The predicted octanol–water partition coefficient (Wildman–Crippen LogP) is 2.94. The molecule has 0 fully saturated rings. The summed E-state index contributed by atoms with van der Waals surface area (Å²) in [5.41, 5.74) is 1.22. The van der Waals surface area contributed by atoms with Gasteiger partial charge in [0.15, 0.2) is 11.5 Å². The highest BCUT2D eigenvalue weighted by atomic mass is 79.9. The van der Waals surface area contributed by atoms with Crippen molar-refractivity contribution in [3.05, 3.63) is 58.1 Å². The molecule has 0 saturated heterocycles. The molecule has 0 bridgehead atoms. The molecule has 2 rings (SSSR count). The van der Waals surface area contributed by atoms with Gasteiger partial charge in [-0.05, 0) is 35.9 Å². The Balaban J connectivity index is 1.84. The van der Waals surface area contributed by atoms with E-state index in [2.05, 4.69) is 21.2 Å². The number of carbonyl (C=O) groups excluding carboxylic acids is 2. The molecule has 0 atom stereocenters. The van der Waals surface area contributed by atoms with E-state index in [1.807, 2.05) is 24.3 Å². The molecule has 1 N–H and O–H groups in total. The zero-order valence-electron chi connectivity index (χ0n) is 13.9. The number of hydrogen-bond acceptors (Lipinski definition) is 5. The predicted molar refractivity (Wildman–Crippen MR) is 95.8 cm³/mol. The van der Waals surface area contributed by atoms with E-state index < -0.39 is 11.9 Å². The second kappa shape index (κ2) is 9.08. The smallest absolute Gasteiger partial charge is 0.325 e. The molecule has 6 nitrogen and oxygen atoms in total. The lowest BCUT2D eigenvalue weighted by molar-refractivity contribution is -0.143. The van der Waals surface area contributed by atoms with Gasteiger partial charge in [0.1, 0.15) is 13.2 Å². The first kappa shape index (κ1) is 18.8. The van der Waals surface area contributed by atoms with Crippen molar-refractivity contribution in [1.29, 1.82) is 0 Å². The number of nitrogens with one attached hydrogen (secondary N) is 1. The van der Waals surface area contributed by atoms with Crippen molar-refractivity contribution >= 4 is 27.8 Å². The lowest BCUT2D eigenvalue weighted by atomic mass is 10.2. The third-order valence-corrected chi connectivity index (χ3v) is 3.88. The van der Waals surface area contributed by atoms with Gasteiger partial charge in [0.25, 0.3) is 5.91 Å². The van der Waals surface area contributed by atoms with Crippen molar-refractivity contribution in [2.24, 2.45) is 0 Å². The van der Waals surface area contributed by atoms with Gasteiger partial charge >= 0.3 is 5.97 Å². The van der Waals surface area contributed by atoms with E-state index in [-0.39, 0.29) is 13.2 Å². The van der Waals surface area contributed by atoms with E-state index >= 15 is 0 Å². The summed E-state index contributed by atoms with van der Waals surface area (Å²) in [6.07, 6.45) is 0. The molecular formula is C18H18BrNO5. The molecule has 2 aromatic carbocycles. The summed E-state index contributed by atoms with van der Waals surface area (Å²) in [5.74, 6) is 0.0409.